The summed E-state index contributed by atoms with van der Waals surface area (Å²) in [6.45, 7) is 4.82. The van der Waals surface area contributed by atoms with Crippen LogP contribution in [0.4, 0.5) is 0 Å². The summed E-state index contributed by atoms with van der Waals surface area (Å²) in [5, 5.41) is 7.14. The van der Waals surface area contributed by atoms with Gasteiger partial charge in [0.05, 0.1) is 0 Å². The molecule has 2 heterocycles. The zero-order chi connectivity index (χ0) is 16.2. The molecule has 1 aromatic carbocycles. The van der Waals surface area contributed by atoms with Gasteiger partial charge in [-0.05, 0) is 79.1 Å². The van der Waals surface area contributed by atoms with E-state index in [9.17, 15) is 4.79 Å². The number of hydrogen-bond acceptors (Lipinski definition) is 2. The van der Waals surface area contributed by atoms with Crippen LogP contribution in [0.25, 0.3) is 5.69 Å². The number of carbonyl (C=O) groups is 1. The van der Waals surface area contributed by atoms with E-state index in [1.807, 2.05) is 24.3 Å². The molecule has 0 aliphatic heterocycles. The molecule has 0 fully saturated rings. The number of aryl methyl sites for hydroxylation is 2. The topological polar surface area (TPSA) is 34.0 Å². The first-order chi connectivity index (χ1) is 11.1. The minimum absolute atomic E-state index is 0.0206. The molecule has 3 rings (SSSR count). The Hall–Kier alpha value is -2.33. The number of nitrogens with one attached hydrogen (secondary N) is 1. The van der Waals surface area contributed by atoms with Gasteiger partial charge < -0.3 is 9.88 Å². The van der Waals surface area contributed by atoms with Gasteiger partial charge in [0.15, 0.2) is 0 Å². The van der Waals surface area contributed by atoms with Crippen LogP contribution in [0.2, 0.25) is 0 Å². The average molecular weight is 324 g/mol. The Labute approximate surface area is 140 Å². The zero-order valence-corrected chi connectivity index (χ0v) is 14.2. The van der Waals surface area contributed by atoms with Crippen LogP contribution in [0, 0.1) is 13.8 Å². The Morgan fingerprint density at radius 3 is 2.35 bits per heavy atom. The molecule has 4 heteroatoms. The van der Waals surface area contributed by atoms with Crippen molar-refractivity contribution in [3.63, 3.8) is 0 Å². The van der Waals surface area contributed by atoms with Crippen molar-refractivity contribution in [3.8, 4) is 5.69 Å². The number of hydrogen-bond donors (Lipinski definition) is 1. The van der Waals surface area contributed by atoms with Crippen LogP contribution >= 0.6 is 11.3 Å². The third-order valence-electron chi connectivity index (χ3n) is 3.94. The number of nitrogens with zero attached hydrogens (tertiary/aromatic N) is 1. The van der Waals surface area contributed by atoms with Crippen molar-refractivity contribution in [3.05, 3.63) is 75.7 Å². The lowest BCUT2D eigenvalue weighted by Crippen LogP contribution is -2.25. The maximum atomic E-state index is 12.2. The SMILES string of the molecule is Cc1ccc(C)n1-c1ccc(C(=O)NCCc2ccsc2)cc1. The molecule has 3 aromatic rings. The minimum Gasteiger partial charge on any atom is -0.352 e. The Kier molecular flexibility index (Phi) is 4.63. The summed E-state index contributed by atoms with van der Waals surface area (Å²) in [7, 11) is 0. The molecule has 0 atom stereocenters. The van der Waals surface area contributed by atoms with E-state index >= 15 is 0 Å². The summed E-state index contributed by atoms with van der Waals surface area (Å²) in [6, 6.07) is 14.0. The second kappa shape index (κ2) is 6.84. The summed E-state index contributed by atoms with van der Waals surface area (Å²) < 4.78 is 2.18. The lowest BCUT2D eigenvalue weighted by atomic mass is 10.2. The van der Waals surface area contributed by atoms with E-state index in [-0.39, 0.29) is 5.91 Å². The van der Waals surface area contributed by atoms with Gasteiger partial charge in [0.2, 0.25) is 0 Å². The number of aromatic nitrogens is 1. The first-order valence-electron chi connectivity index (χ1n) is 7.70. The summed E-state index contributed by atoms with van der Waals surface area (Å²) in [6.07, 6.45) is 0.870. The number of rotatable bonds is 5. The maximum absolute atomic E-state index is 12.2. The van der Waals surface area contributed by atoms with Gasteiger partial charge in [-0.3, -0.25) is 4.79 Å². The molecule has 0 saturated carbocycles. The highest BCUT2D eigenvalue weighted by atomic mass is 32.1. The smallest absolute Gasteiger partial charge is 0.251 e. The average Bonchev–Trinajstić information content (AvgIpc) is 3.18. The van der Waals surface area contributed by atoms with E-state index in [0.717, 1.165) is 12.1 Å². The molecular weight excluding hydrogens is 304 g/mol. The Balaban J connectivity index is 1.63. The highest BCUT2D eigenvalue weighted by Crippen LogP contribution is 2.17. The summed E-state index contributed by atoms with van der Waals surface area (Å²) >= 11 is 1.68. The Morgan fingerprint density at radius 2 is 1.74 bits per heavy atom. The second-order valence-electron chi connectivity index (χ2n) is 5.64. The molecule has 23 heavy (non-hydrogen) atoms. The summed E-state index contributed by atoms with van der Waals surface area (Å²) in [4.78, 5) is 12.2. The molecule has 2 aromatic heterocycles. The molecule has 0 aliphatic rings. The molecule has 0 unspecified atom stereocenters. The van der Waals surface area contributed by atoms with Gasteiger partial charge in [-0.25, -0.2) is 0 Å². The van der Waals surface area contributed by atoms with Crippen LogP contribution in [-0.4, -0.2) is 17.0 Å². The van der Waals surface area contributed by atoms with Crippen LogP contribution in [0.1, 0.15) is 27.3 Å². The fourth-order valence-electron chi connectivity index (χ4n) is 2.69. The summed E-state index contributed by atoms with van der Waals surface area (Å²) in [5.74, 6) is -0.0206. The zero-order valence-electron chi connectivity index (χ0n) is 13.4. The first kappa shape index (κ1) is 15.6. The fraction of sp³-hybridized carbons (Fsp3) is 0.211. The minimum atomic E-state index is -0.0206. The van der Waals surface area contributed by atoms with E-state index < -0.39 is 0 Å². The van der Waals surface area contributed by atoms with E-state index in [2.05, 4.69) is 52.7 Å². The largest absolute Gasteiger partial charge is 0.352 e. The van der Waals surface area contributed by atoms with Crippen molar-refractivity contribution >= 4 is 17.2 Å². The van der Waals surface area contributed by atoms with Crippen molar-refractivity contribution in [2.75, 3.05) is 6.54 Å². The van der Waals surface area contributed by atoms with Gasteiger partial charge in [-0.1, -0.05) is 0 Å². The molecule has 0 bridgehead atoms. The molecular formula is C19H20N2OS. The highest BCUT2D eigenvalue weighted by molar-refractivity contribution is 7.07. The third kappa shape index (κ3) is 3.54. The number of benzene rings is 1. The van der Waals surface area contributed by atoms with E-state index in [1.54, 1.807) is 11.3 Å². The van der Waals surface area contributed by atoms with E-state index in [4.69, 9.17) is 0 Å². The summed E-state index contributed by atoms with van der Waals surface area (Å²) in [5.41, 5.74) is 5.43. The van der Waals surface area contributed by atoms with Gasteiger partial charge >= 0.3 is 0 Å². The fourth-order valence-corrected chi connectivity index (χ4v) is 3.40. The number of amides is 1. The first-order valence-corrected chi connectivity index (χ1v) is 8.64. The third-order valence-corrected chi connectivity index (χ3v) is 4.67. The van der Waals surface area contributed by atoms with Gasteiger partial charge in [0.1, 0.15) is 0 Å². The van der Waals surface area contributed by atoms with Crippen LogP contribution in [0.15, 0.2) is 53.2 Å². The molecule has 1 amide bonds. The van der Waals surface area contributed by atoms with Crippen molar-refractivity contribution in [2.24, 2.45) is 0 Å². The number of carbonyl (C=O) groups excluding carboxylic acids is 1. The maximum Gasteiger partial charge on any atom is 0.251 e. The van der Waals surface area contributed by atoms with Crippen molar-refractivity contribution < 1.29 is 4.79 Å². The lowest BCUT2D eigenvalue weighted by Gasteiger charge is -2.10. The quantitative estimate of drug-likeness (QED) is 0.752. The van der Waals surface area contributed by atoms with Gasteiger partial charge in [-0.2, -0.15) is 11.3 Å². The predicted octanol–water partition coefficient (Wildman–Crippen LogP) is 4.13. The molecule has 3 nitrogen and oxygen atoms in total. The molecule has 0 aliphatic carbocycles. The van der Waals surface area contributed by atoms with E-state index in [0.29, 0.717) is 12.1 Å². The standard InChI is InChI=1S/C19H20N2OS/c1-14-3-4-15(2)21(14)18-7-5-17(6-8-18)19(22)20-11-9-16-10-12-23-13-16/h3-8,10,12-13H,9,11H2,1-2H3,(H,20,22). The molecule has 118 valence electrons. The normalized spacial score (nSPS) is 10.7. The van der Waals surface area contributed by atoms with Gasteiger partial charge in [-0.15, -0.1) is 0 Å². The molecule has 0 radical (unpaired) electrons. The predicted molar refractivity (Wildman–Crippen MR) is 95.6 cm³/mol. The Morgan fingerprint density at radius 1 is 1.04 bits per heavy atom. The second-order valence-corrected chi connectivity index (χ2v) is 6.42. The van der Waals surface area contributed by atoms with Crippen molar-refractivity contribution in [1.29, 1.82) is 0 Å². The molecule has 1 N–H and O–H groups in total. The van der Waals surface area contributed by atoms with Crippen molar-refractivity contribution in [2.45, 2.75) is 20.3 Å². The number of thiophene rings is 1. The van der Waals surface area contributed by atoms with Crippen LogP contribution in [0.5, 0.6) is 0 Å². The van der Waals surface area contributed by atoms with Crippen LogP contribution in [0.3, 0.4) is 0 Å². The van der Waals surface area contributed by atoms with Crippen LogP contribution < -0.4 is 5.32 Å². The molecule has 0 spiro atoms. The molecule has 0 saturated heterocycles. The Bertz CT molecular complexity index is 766. The van der Waals surface area contributed by atoms with Crippen molar-refractivity contribution in [1.82, 2.24) is 9.88 Å². The monoisotopic (exact) mass is 324 g/mol. The van der Waals surface area contributed by atoms with Gasteiger partial charge in [0, 0.05) is 29.2 Å². The van der Waals surface area contributed by atoms with Crippen LogP contribution in [-0.2, 0) is 6.42 Å². The van der Waals surface area contributed by atoms with E-state index in [1.165, 1.54) is 17.0 Å². The van der Waals surface area contributed by atoms with Gasteiger partial charge in [0.25, 0.3) is 5.91 Å². The highest BCUT2D eigenvalue weighted by Gasteiger charge is 2.07. The lowest BCUT2D eigenvalue weighted by molar-refractivity contribution is 0.0954.